The Balaban J connectivity index is 2.38. The highest BCUT2D eigenvalue weighted by molar-refractivity contribution is 5.92. The maximum Gasteiger partial charge on any atom is 0.178 e. The molecule has 1 aromatic carbocycles. The van der Waals surface area contributed by atoms with Crippen molar-refractivity contribution >= 4 is 5.78 Å². The van der Waals surface area contributed by atoms with Gasteiger partial charge in [0, 0.05) is 18.7 Å². The molecule has 2 rings (SSSR count). The molecular weight excluding hydrogens is 242 g/mol. The zero-order valence-electron chi connectivity index (χ0n) is 11.1. The predicted molar refractivity (Wildman–Crippen MR) is 72.8 cm³/mol. The first-order chi connectivity index (χ1) is 9.15. The fourth-order valence-electron chi connectivity index (χ4n) is 1.79. The van der Waals surface area contributed by atoms with Gasteiger partial charge in [-0.2, -0.15) is 0 Å². The lowest BCUT2D eigenvalue weighted by molar-refractivity contribution is 0.101. The van der Waals surface area contributed by atoms with Gasteiger partial charge in [0.15, 0.2) is 17.3 Å². The molecule has 0 bridgehead atoms. The first-order valence-electron chi connectivity index (χ1n) is 5.85. The van der Waals surface area contributed by atoms with E-state index < -0.39 is 0 Å². The van der Waals surface area contributed by atoms with Crippen molar-refractivity contribution in [1.29, 1.82) is 0 Å². The van der Waals surface area contributed by atoms with E-state index in [0.717, 1.165) is 11.1 Å². The number of ketones is 1. The molecule has 0 spiro atoms. The number of nitrogens with zero attached hydrogens (tertiary/aromatic N) is 1. The van der Waals surface area contributed by atoms with Crippen LogP contribution in [0.2, 0.25) is 0 Å². The van der Waals surface area contributed by atoms with Crippen LogP contribution in [0.25, 0.3) is 11.1 Å². The van der Waals surface area contributed by atoms with Gasteiger partial charge < -0.3 is 9.47 Å². The number of benzene rings is 1. The predicted octanol–water partition coefficient (Wildman–Crippen LogP) is 2.97. The van der Waals surface area contributed by atoms with Gasteiger partial charge >= 0.3 is 0 Å². The second-order valence-electron chi connectivity index (χ2n) is 4.06. The maximum atomic E-state index is 11.2. The first kappa shape index (κ1) is 13.1. The first-order valence-corrected chi connectivity index (χ1v) is 5.85. The molecule has 0 N–H and O–H groups in total. The van der Waals surface area contributed by atoms with Gasteiger partial charge in [0.2, 0.25) is 0 Å². The van der Waals surface area contributed by atoms with Crippen molar-refractivity contribution in [2.45, 2.75) is 6.92 Å². The van der Waals surface area contributed by atoms with Crippen LogP contribution in [0, 0.1) is 0 Å². The van der Waals surface area contributed by atoms with Crippen molar-refractivity contribution in [3.05, 3.63) is 42.2 Å². The summed E-state index contributed by atoms with van der Waals surface area (Å²) in [5, 5.41) is 0. The standard InChI is InChI=1S/C15H15NO3/c1-10(17)13-6-4-12(9-16-13)11-5-7-14(18-2)15(8-11)19-3/h4-9H,1-3H3. The summed E-state index contributed by atoms with van der Waals surface area (Å²) in [5.41, 5.74) is 2.34. The molecule has 0 saturated heterocycles. The molecule has 0 unspecified atom stereocenters. The molecule has 0 atom stereocenters. The lowest BCUT2D eigenvalue weighted by Gasteiger charge is -2.09. The fraction of sp³-hybridized carbons (Fsp3) is 0.200. The van der Waals surface area contributed by atoms with Crippen LogP contribution in [-0.4, -0.2) is 25.0 Å². The normalized spacial score (nSPS) is 10.1. The van der Waals surface area contributed by atoms with E-state index in [4.69, 9.17) is 9.47 Å². The average Bonchev–Trinajstić information content (AvgIpc) is 2.46. The van der Waals surface area contributed by atoms with Crippen molar-refractivity contribution in [2.24, 2.45) is 0 Å². The topological polar surface area (TPSA) is 48.4 Å². The molecule has 0 saturated carbocycles. The van der Waals surface area contributed by atoms with Crippen LogP contribution in [0.5, 0.6) is 11.5 Å². The van der Waals surface area contributed by atoms with Crippen molar-refractivity contribution in [3.8, 4) is 22.6 Å². The Hall–Kier alpha value is -2.36. The molecule has 4 nitrogen and oxygen atoms in total. The largest absolute Gasteiger partial charge is 0.493 e. The number of aromatic nitrogens is 1. The van der Waals surface area contributed by atoms with Crippen LogP contribution >= 0.6 is 0 Å². The van der Waals surface area contributed by atoms with Crippen LogP contribution in [0.15, 0.2) is 36.5 Å². The number of Topliss-reactive ketones (excluding diaryl/α,β-unsaturated/α-hetero) is 1. The number of hydrogen-bond acceptors (Lipinski definition) is 4. The SMILES string of the molecule is COc1ccc(-c2ccc(C(C)=O)nc2)cc1OC. The quantitative estimate of drug-likeness (QED) is 0.790. The molecule has 0 aliphatic carbocycles. The van der Waals surface area contributed by atoms with Gasteiger partial charge in [0.1, 0.15) is 5.69 Å². The Morgan fingerprint density at radius 3 is 2.21 bits per heavy atom. The Morgan fingerprint density at radius 1 is 1.00 bits per heavy atom. The minimum Gasteiger partial charge on any atom is -0.493 e. The lowest BCUT2D eigenvalue weighted by atomic mass is 10.1. The molecule has 0 fully saturated rings. The summed E-state index contributed by atoms with van der Waals surface area (Å²) in [5.74, 6) is 1.30. The zero-order valence-corrected chi connectivity index (χ0v) is 11.1. The molecule has 1 heterocycles. The van der Waals surface area contributed by atoms with Gasteiger partial charge in [-0.05, 0) is 23.8 Å². The smallest absolute Gasteiger partial charge is 0.178 e. The van der Waals surface area contributed by atoms with Crippen molar-refractivity contribution in [2.75, 3.05) is 14.2 Å². The fourth-order valence-corrected chi connectivity index (χ4v) is 1.79. The van der Waals surface area contributed by atoms with Gasteiger partial charge in [0.25, 0.3) is 0 Å². The summed E-state index contributed by atoms with van der Waals surface area (Å²) in [6, 6.07) is 9.22. The molecule has 98 valence electrons. The van der Waals surface area contributed by atoms with Crippen LogP contribution < -0.4 is 9.47 Å². The highest BCUT2D eigenvalue weighted by Crippen LogP contribution is 2.31. The average molecular weight is 257 g/mol. The van der Waals surface area contributed by atoms with Crippen molar-refractivity contribution in [1.82, 2.24) is 4.98 Å². The summed E-state index contributed by atoms with van der Waals surface area (Å²) in [6.07, 6.45) is 1.68. The summed E-state index contributed by atoms with van der Waals surface area (Å²) in [6.45, 7) is 1.50. The van der Waals surface area contributed by atoms with E-state index >= 15 is 0 Å². The molecule has 2 aromatic rings. The van der Waals surface area contributed by atoms with E-state index in [1.54, 1.807) is 26.5 Å². The third-order valence-electron chi connectivity index (χ3n) is 2.84. The maximum absolute atomic E-state index is 11.2. The Labute approximate surface area is 112 Å². The van der Waals surface area contributed by atoms with E-state index in [9.17, 15) is 4.79 Å². The van der Waals surface area contributed by atoms with Gasteiger partial charge in [-0.3, -0.25) is 9.78 Å². The molecule has 0 aliphatic rings. The summed E-state index contributed by atoms with van der Waals surface area (Å²) in [4.78, 5) is 15.3. The summed E-state index contributed by atoms with van der Waals surface area (Å²) in [7, 11) is 3.19. The second kappa shape index (κ2) is 5.52. The molecule has 4 heteroatoms. The van der Waals surface area contributed by atoms with Gasteiger partial charge in [-0.15, -0.1) is 0 Å². The number of hydrogen-bond donors (Lipinski definition) is 0. The minimum absolute atomic E-state index is 0.0427. The number of methoxy groups -OCH3 is 2. The van der Waals surface area contributed by atoms with E-state index in [1.165, 1.54) is 6.92 Å². The third kappa shape index (κ3) is 2.73. The molecule has 1 aromatic heterocycles. The van der Waals surface area contributed by atoms with Crippen LogP contribution in [0.3, 0.4) is 0 Å². The minimum atomic E-state index is -0.0427. The van der Waals surface area contributed by atoms with Gasteiger partial charge in [-0.1, -0.05) is 12.1 Å². The third-order valence-corrected chi connectivity index (χ3v) is 2.84. The lowest BCUT2D eigenvalue weighted by Crippen LogP contribution is -1.96. The van der Waals surface area contributed by atoms with Crippen LogP contribution in [0.4, 0.5) is 0 Å². The molecule has 0 aliphatic heterocycles. The van der Waals surface area contributed by atoms with E-state index in [0.29, 0.717) is 17.2 Å². The molecule has 0 radical (unpaired) electrons. The molecular formula is C15H15NO3. The highest BCUT2D eigenvalue weighted by Gasteiger charge is 2.07. The van der Waals surface area contributed by atoms with E-state index in [1.807, 2.05) is 24.3 Å². The van der Waals surface area contributed by atoms with Crippen molar-refractivity contribution in [3.63, 3.8) is 0 Å². The summed E-state index contributed by atoms with van der Waals surface area (Å²) < 4.78 is 10.5. The van der Waals surface area contributed by atoms with Crippen molar-refractivity contribution < 1.29 is 14.3 Å². The highest BCUT2D eigenvalue weighted by atomic mass is 16.5. The number of ether oxygens (including phenoxy) is 2. The van der Waals surface area contributed by atoms with Crippen LogP contribution in [-0.2, 0) is 0 Å². The molecule has 19 heavy (non-hydrogen) atoms. The molecule has 0 amide bonds. The van der Waals surface area contributed by atoms with E-state index in [-0.39, 0.29) is 5.78 Å². The Kier molecular flexibility index (Phi) is 3.80. The number of carbonyl (C=O) groups excluding carboxylic acids is 1. The number of rotatable bonds is 4. The van der Waals surface area contributed by atoms with Gasteiger partial charge in [-0.25, -0.2) is 0 Å². The van der Waals surface area contributed by atoms with Crippen LogP contribution in [0.1, 0.15) is 17.4 Å². The number of pyridine rings is 1. The summed E-state index contributed by atoms with van der Waals surface area (Å²) >= 11 is 0. The monoisotopic (exact) mass is 257 g/mol. The Bertz CT molecular complexity index is 591. The Morgan fingerprint density at radius 2 is 1.68 bits per heavy atom. The van der Waals surface area contributed by atoms with E-state index in [2.05, 4.69) is 4.98 Å². The number of carbonyl (C=O) groups is 1. The second-order valence-corrected chi connectivity index (χ2v) is 4.06. The van der Waals surface area contributed by atoms with Gasteiger partial charge in [0.05, 0.1) is 14.2 Å². The zero-order chi connectivity index (χ0) is 13.8.